The Morgan fingerprint density at radius 2 is 1.69 bits per heavy atom. The lowest BCUT2D eigenvalue weighted by atomic mass is 10.0. The van der Waals surface area contributed by atoms with Crippen LogP contribution in [0.25, 0.3) is 11.1 Å². The molecular weight excluding hydrogens is 422 g/mol. The Hall–Kier alpha value is -2.86. The van der Waals surface area contributed by atoms with Crippen LogP contribution < -0.4 is 10.1 Å². The number of nitrogens with one attached hydrogen (secondary N) is 1. The predicted octanol–water partition coefficient (Wildman–Crippen LogP) is 5.26. The fourth-order valence-electron chi connectivity index (χ4n) is 3.43. The van der Waals surface area contributed by atoms with Crippen molar-refractivity contribution in [3.05, 3.63) is 82.9 Å². The molecular formula is C26H30ClN3O2. The van der Waals surface area contributed by atoms with Gasteiger partial charge in [0.15, 0.2) is 0 Å². The van der Waals surface area contributed by atoms with Gasteiger partial charge in [-0.25, -0.2) is 0 Å². The van der Waals surface area contributed by atoms with Crippen LogP contribution in [0.5, 0.6) is 5.75 Å². The highest BCUT2D eigenvalue weighted by molar-refractivity contribution is 6.31. The lowest BCUT2D eigenvalue weighted by molar-refractivity contribution is 0.102. The zero-order chi connectivity index (χ0) is 23.1. The molecule has 0 spiro atoms. The summed E-state index contributed by atoms with van der Waals surface area (Å²) in [5.41, 5.74) is 4.47. The van der Waals surface area contributed by atoms with E-state index in [2.05, 4.69) is 42.3 Å². The number of hydrogen-bond acceptors (Lipinski definition) is 4. The standard InChI is InChI=1S/C26H30ClN3O2/c1-29(2)13-14-30(3)18-22-15-20(11-12-25(22)32-4)19-7-6-10-24(17-19)28-26(31)21-8-5-9-23(27)16-21/h5-12,15-17H,13-14,18H2,1-4H3,(H,28,31). The number of likely N-dealkylation sites (N-methyl/N-ethyl adjacent to an activating group) is 2. The summed E-state index contributed by atoms with van der Waals surface area (Å²) < 4.78 is 5.59. The van der Waals surface area contributed by atoms with Gasteiger partial charge in [-0.05, 0) is 74.7 Å². The zero-order valence-corrected chi connectivity index (χ0v) is 19.8. The first-order valence-corrected chi connectivity index (χ1v) is 10.9. The number of benzene rings is 3. The number of ether oxygens (including phenoxy) is 1. The van der Waals surface area contributed by atoms with Gasteiger partial charge in [0.1, 0.15) is 5.75 Å². The molecule has 3 rings (SSSR count). The van der Waals surface area contributed by atoms with Gasteiger partial charge in [-0.3, -0.25) is 4.79 Å². The molecule has 0 unspecified atom stereocenters. The first-order chi connectivity index (χ1) is 15.4. The van der Waals surface area contributed by atoms with Crippen molar-refractivity contribution < 1.29 is 9.53 Å². The van der Waals surface area contributed by atoms with Crippen molar-refractivity contribution in [3.63, 3.8) is 0 Å². The number of hydrogen-bond donors (Lipinski definition) is 1. The summed E-state index contributed by atoms with van der Waals surface area (Å²) in [7, 11) is 7.96. The third-order valence-corrected chi connectivity index (χ3v) is 5.43. The van der Waals surface area contributed by atoms with Crippen LogP contribution in [0.2, 0.25) is 5.02 Å². The summed E-state index contributed by atoms with van der Waals surface area (Å²) in [4.78, 5) is 17.0. The largest absolute Gasteiger partial charge is 0.496 e. The minimum Gasteiger partial charge on any atom is -0.496 e. The van der Waals surface area contributed by atoms with Crippen LogP contribution in [0, 0.1) is 0 Å². The molecule has 0 atom stereocenters. The summed E-state index contributed by atoms with van der Waals surface area (Å²) in [6, 6.07) is 20.9. The van der Waals surface area contributed by atoms with Crippen molar-refractivity contribution in [2.75, 3.05) is 46.7 Å². The molecule has 0 aliphatic carbocycles. The maximum Gasteiger partial charge on any atom is 0.255 e. The number of halogens is 1. The second-order valence-electron chi connectivity index (χ2n) is 8.11. The third-order valence-electron chi connectivity index (χ3n) is 5.19. The Morgan fingerprint density at radius 3 is 2.41 bits per heavy atom. The number of rotatable bonds is 9. The Bertz CT molecular complexity index is 1070. The van der Waals surface area contributed by atoms with Crippen molar-refractivity contribution in [2.24, 2.45) is 0 Å². The summed E-state index contributed by atoms with van der Waals surface area (Å²) in [6.07, 6.45) is 0. The highest BCUT2D eigenvalue weighted by atomic mass is 35.5. The normalized spacial score (nSPS) is 11.1. The lowest BCUT2D eigenvalue weighted by Gasteiger charge is -2.21. The van der Waals surface area contributed by atoms with E-state index in [-0.39, 0.29) is 5.91 Å². The summed E-state index contributed by atoms with van der Waals surface area (Å²) in [5.74, 6) is 0.679. The number of amides is 1. The van der Waals surface area contributed by atoms with Crippen molar-refractivity contribution in [1.29, 1.82) is 0 Å². The minimum atomic E-state index is -0.192. The molecule has 3 aromatic rings. The maximum atomic E-state index is 12.6. The summed E-state index contributed by atoms with van der Waals surface area (Å²) in [5, 5.41) is 3.49. The molecule has 32 heavy (non-hydrogen) atoms. The molecule has 0 bridgehead atoms. The van der Waals surface area contributed by atoms with Gasteiger partial charge in [-0.15, -0.1) is 0 Å². The van der Waals surface area contributed by atoms with Gasteiger partial charge in [-0.2, -0.15) is 0 Å². The van der Waals surface area contributed by atoms with Gasteiger partial charge in [-0.1, -0.05) is 35.9 Å². The van der Waals surface area contributed by atoms with Crippen LogP contribution in [-0.4, -0.2) is 57.0 Å². The molecule has 0 radical (unpaired) electrons. The SMILES string of the molecule is COc1ccc(-c2cccc(NC(=O)c3cccc(Cl)c3)c2)cc1CN(C)CCN(C)C. The molecule has 0 saturated heterocycles. The van der Waals surface area contributed by atoms with Crippen molar-refractivity contribution in [1.82, 2.24) is 9.80 Å². The number of carbonyl (C=O) groups is 1. The van der Waals surface area contributed by atoms with Gasteiger partial charge in [0.2, 0.25) is 0 Å². The molecule has 0 saturated carbocycles. The number of carbonyl (C=O) groups excluding carboxylic acids is 1. The highest BCUT2D eigenvalue weighted by Crippen LogP contribution is 2.29. The monoisotopic (exact) mass is 451 g/mol. The van der Waals surface area contributed by atoms with Crippen LogP contribution in [0.3, 0.4) is 0 Å². The van der Waals surface area contributed by atoms with Crippen LogP contribution in [-0.2, 0) is 6.54 Å². The Balaban J connectivity index is 1.79. The highest BCUT2D eigenvalue weighted by Gasteiger charge is 2.11. The van der Waals surface area contributed by atoms with Crippen LogP contribution in [0.4, 0.5) is 5.69 Å². The first kappa shape index (κ1) is 23.8. The fraction of sp³-hybridized carbons (Fsp3) is 0.269. The van der Waals surface area contributed by atoms with E-state index < -0.39 is 0 Å². The molecule has 3 aromatic carbocycles. The number of anilines is 1. The second-order valence-corrected chi connectivity index (χ2v) is 8.55. The lowest BCUT2D eigenvalue weighted by Crippen LogP contribution is -2.28. The molecule has 1 N–H and O–H groups in total. The van der Waals surface area contributed by atoms with Gasteiger partial charge < -0.3 is 19.9 Å². The van der Waals surface area contributed by atoms with Gasteiger partial charge in [0, 0.05) is 41.5 Å². The summed E-state index contributed by atoms with van der Waals surface area (Å²) in [6.45, 7) is 2.74. The molecule has 0 heterocycles. The molecule has 168 valence electrons. The van der Waals surface area contributed by atoms with E-state index in [0.717, 1.165) is 47.8 Å². The number of methoxy groups -OCH3 is 1. The average Bonchev–Trinajstić information content (AvgIpc) is 2.78. The Kier molecular flexibility index (Phi) is 8.28. The maximum absolute atomic E-state index is 12.6. The van der Waals surface area contributed by atoms with E-state index in [1.165, 1.54) is 0 Å². The molecule has 5 nitrogen and oxygen atoms in total. The second kappa shape index (κ2) is 11.1. The van der Waals surface area contributed by atoms with Crippen LogP contribution >= 0.6 is 11.6 Å². The van der Waals surface area contributed by atoms with E-state index in [1.54, 1.807) is 31.4 Å². The molecule has 0 aromatic heterocycles. The van der Waals surface area contributed by atoms with E-state index in [4.69, 9.17) is 16.3 Å². The predicted molar refractivity (Wildman–Crippen MR) is 133 cm³/mol. The van der Waals surface area contributed by atoms with Gasteiger partial charge in [0.05, 0.1) is 7.11 Å². The topological polar surface area (TPSA) is 44.8 Å². The molecule has 0 fully saturated rings. The van der Waals surface area contributed by atoms with E-state index in [9.17, 15) is 4.79 Å². The molecule has 1 amide bonds. The van der Waals surface area contributed by atoms with E-state index in [0.29, 0.717) is 10.6 Å². The van der Waals surface area contributed by atoms with E-state index in [1.807, 2.05) is 36.4 Å². The zero-order valence-electron chi connectivity index (χ0n) is 19.1. The quantitative estimate of drug-likeness (QED) is 0.482. The Morgan fingerprint density at radius 1 is 0.938 bits per heavy atom. The smallest absolute Gasteiger partial charge is 0.255 e. The molecule has 6 heteroatoms. The van der Waals surface area contributed by atoms with Crippen LogP contribution in [0.1, 0.15) is 15.9 Å². The minimum absolute atomic E-state index is 0.192. The summed E-state index contributed by atoms with van der Waals surface area (Å²) >= 11 is 6.01. The molecule has 0 aliphatic heterocycles. The van der Waals surface area contributed by atoms with Gasteiger partial charge >= 0.3 is 0 Å². The van der Waals surface area contributed by atoms with Crippen molar-refractivity contribution in [2.45, 2.75) is 6.54 Å². The number of nitrogens with zero attached hydrogens (tertiary/aromatic N) is 2. The fourth-order valence-corrected chi connectivity index (χ4v) is 3.62. The Labute approximate surface area is 195 Å². The van der Waals surface area contributed by atoms with Gasteiger partial charge in [0.25, 0.3) is 5.91 Å². The average molecular weight is 452 g/mol. The van der Waals surface area contributed by atoms with Crippen LogP contribution in [0.15, 0.2) is 66.7 Å². The van der Waals surface area contributed by atoms with Crippen molar-refractivity contribution in [3.8, 4) is 16.9 Å². The van der Waals surface area contributed by atoms with Crippen molar-refractivity contribution >= 4 is 23.2 Å². The third kappa shape index (κ3) is 6.57. The first-order valence-electron chi connectivity index (χ1n) is 10.5. The van der Waals surface area contributed by atoms with E-state index >= 15 is 0 Å². The molecule has 0 aliphatic rings.